The number of rotatable bonds is 11. The van der Waals surface area contributed by atoms with E-state index in [9.17, 15) is 9.90 Å². The third-order valence-electron chi connectivity index (χ3n) is 3.07. The van der Waals surface area contributed by atoms with Crippen molar-refractivity contribution in [3.8, 4) is 0 Å². The first-order chi connectivity index (χ1) is 8.91. The number of aliphatic hydroxyl groups is 1. The number of hydrogen-bond donors (Lipinski definition) is 1. The van der Waals surface area contributed by atoms with E-state index in [0.717, 1.165) is 18.9 Å². The molecule has 0 radical (unpaired) electrons. The number of carbonyl (C=O) groups is 1. The summed E-state index contributed by atoms with van der Waals surface area (Å²) in [5, 5.41) is 9.99. The summed E-state index contributed by atoms with van der Waals surface area (Å²) in [5.74, 6) is -0.416. The van der Waals surface area contributed by atoms with Crippen molar-refractivity contribution in [3.63, 3.8) is 0 Å². The molecule has 1 unspecified atom stereocenters. The van der Waals surface area contributed by atoms with E-state index in [2.05, 4.69) is 13.5 Å². The number of esters is 1. The summed E-state index contributed by atoms with van der Waals surface area (Å²) in [5.41, 5.74) is 0. The van der Waals surface area contributed by atoms with Gasteiger partial charge < -0.3 is 9.84 Å². The van der Waals surface area contributed by atoms with Crippen molar-refractivity contribution in [3.05, 3.63) is 12.7 Å². The molecule has 0 saturated carbocycles. The Kier molecular flexibility index (Phi) is 9.53. The third kappa shape index (κ3) is 10.7. The lowest BCUT2D eigenvalue weighted by molar-refractivity contribution is -0.910. The van der Waals surface area contributed by atoms with Gasteiger partial charge in [-0.1, -0.05) is 45.6 Å². The number of quaternary nitrogens is 1. The highest BCUT2D eigenvalue weighted by molar-refractivity contribution is 5.81. The summed E-state index contributed by atoms with van der Waals surface area (Å²) in [6, 6.07) is 0. The fourth-order valence-corrected chi connectivity index (χ4v) is 2.00. The van der Waals surface area contributed by atoms with Crippen LogP contribution in [-0.4, -0.2) is 49.0 Å². The lowest BCUT2D eigenvalue weighted by Gasteiger charge is -2.30. The molecule has 0 aliphatic rings. The van der Waals surface area contributed by atoms with Gasteiger partial charge in [0.1, 0.15) is 12.6 Å². The van der Waals surface area contributed by atoms with Gasteiger partial charge in [-0.15, -0.1) is 0 Å². The molecule has 4 heteroatoms. The van der Waals surface area contributed by atoms with E-state index in [0.29, 0.717) is 11.0 Å². The molecule has 1 N–H and O–H groups in total. The molecular weight excluding hydrogens is 242 g/mol. The SMILES string of the molecule is C=CC(=O)OC[N+](C)(C)CC(O)CCCCCCC. The number of hydrogen-bond acceptors (Lipinski definition) is 3. The van der Waals surface area contributed by atoms with Gasteiger partial charge in [0, 0.05) is 6.08 Å². The molecule has 112 valence electrons. The van der Waals surface area contributed by atoms with Crippen molar-refractivity contribution < 1.29 is 19.1 Å². The molecular formula is C15H30NO3+. The Morgan fingerprint density at radius 3 is 2.53 bits per heavy atom. The Bertz CT molecular complexity index is 264. The summed E-state index contributed by atoms with van der Waals surface area (Å²) in [7, 11) is 3.88. The van der Waals surface area contributed by atoms with Crippen LogP contribution < -0.4 is 0 Å². The topological polar surface area (TPSA) is 46.5 Å². The van der Waals surface area contributed by atoms with E-state index < -0.39 is 5.97 Å². The van der Waals surface area contributed by atoms with Crippen LogP contribution in [0.4, 0.5) is 0 Å². The van der Waals surface area contributed by atoms with Gasteiger partial charge in [0.05, 0.1) is 14.1 Å². The Hall–Kier alpha value is -0.870. The predicted molar refractivity (Wildman–Crippen MR) is 77.5 cm³/mol. The van der Waals surface area contributed by atoms with Gasteiger partial charge in [0.2, 0.25) is 6.73 Å². The van der Waals surface area contributed by atoms with Gasteiger partial charge in [0.25, 0.3) is 0 Å². The normalized spacial score (nSPS) is 13.1. The Morgan fingerprint density at radius 1 is 1.32 bits per heavy atom. The maximum absolute atomic E-state index is 11.0. The van der Waals surface area contributed by atoms with Gasteiger partial charge in [-0.2, -0.15) is 0 Å². The molecule has 0 bridgehead atoms. The molecule has 0 heterocycles. The second kappa shape index (κ2) is 9.98. The fraction of sp³-hybridized carbons (Fsp3) is 0.800. The monoisotopic (exact) mass is 272 g/mol. The standard InChI is InChI=1S/C15H30NO3/c1-5-7-8-9-10-11-14(17)12-16(3,4)13-19-15(18)6-2/h6,14,17H,2,5,7-13H2,1,3-4H3/q+1. The molecule has 0 rings (SSSR count). The maximum atomic E-state index is 11.0. The van der Waals surface area contributed by atoms with Crippen LogP contribution in [0, 0.1) is 0 Å². The molecule has 0 fully saturated rings. The second-order valence-electron chi connectivity index (χ2n) is 5.77. The minimum Gasteiger partial charge on any atom is -0.412 e. The Balaban J connectivity index is 3.79. The molecule has 0 amide bonds. The average Bonchev–Trinajstić information content (AvgIpc) is 2.35. The first-order valence-corrected chi connectivity index (χ1v) is 7.20. The molecule has 0 aliphatic heterocycles. The number of ether oxygens (including phenoxy) is 1. The summed E-state index contributed by atoms with van der Waals surface area (Å²) in [6.45, 7) is 6.41. The van der Waals surface area contributed by atoms with E-state index in [4.69, 9.17) is 4.74 Å². The summed E-state index contributed by atoms with van der Waals surface area (Å²) >= 11 is 0. The Labute approximate surface area is 117 Å². The molecule has 0 spiro atoms. The molecule has 0 aromatic carbocycles. The van der Waals surface area contributed by atoms with Crippen LogP contribution in [0.2, 0.25) is 0 Å². The van der Waals surface area contributed by atoms with E-state index >= 15 is 0 Å². The van der Waals surface area contributed by atoms with E-state index in [1.54, 1.807) is 0 Å². The highest BCUT2D eigenvalue weighted by atomic mass is 16.5. The van der Waals surface area contributed by atoms with Crippen LogP contribution in [0.25, 0.3) is 0 Å². The zero-order valence-corrected chi connectivity index (χ0v) is 12.7. The smallest absolute Gasteiger partial charge is 0.334 e. The van der Waals surface area contributed by atoms with E-state index in [1.807, 2.05) is 14.1 Å². The molecule has 19 heavy (non-hydrogen) atoms. The van der Waals surface area contributed by atoms with Crippen molar-refractivity contribution in [1.82, 2.24) is 0 Å². The van der Waals surface area contributed by atoms with Gasteiger partial charge in [0.15, 0.2) is 0 Å². The lowest BCUT2D eigenvalue weighted by atomic mass is 10.1. The summed E-state index contributed by atoms with van der Waals surface area (Å²) in [6.07, 6.45) is 7.65. The number of unbranched alkanes of at least 4 members (excludes halogenated alkanes) is 4. The fourth-order valence-electron chi connectivity index (χ4n) is 2.00. The number of likely N-dealkylation sites (N-methyl/N-ethyl adjacent to an activating group) is 1. The van der Waals surface area contributed by atoms with Crippen LogP contribution in [0.15, 0.2) is 12.7 Å². The number of aliphatic hydroxyl groups excluding tert-OH is 1. The average molecular weight is 272 g/mol. The number of carbonyl (C=O) groups excluding carboxylic acids is 1. The van der Waals surface area contributed by atoms with Gasteiger partial charge in [-0.3, -0.25) is 4.48 Å². The molecule has 0 aliphatic carbocycles. The largest absolute Gasteiger partial charge is 0.412 e. The van der Waals surface area contributed by atoms with Crippen LogP contribution in [0.5, 0.6) is 0 Å². The maximum Gasteiger partial charge on any atom is 0.334 e. The summed E-state index contributed by atoms with van der Waals surface area (Å²) < 4.78 is 5.49. The van der Waals surface area contributed by atoms with Crippen molar-refractivity contribution >= 4 is 5.97 Å². The number of nitrogens with zero attached hydrogens (tertiary/aromatic N) is 1. The molecule has 4 nitrogen and oxygen atoms in total. The van der Waals surface area contributed by atoms with Crippen LogP contribution in [0.3, 0.4) is 0 Å². The van der Waals surface area contributed by atoms with Crippen molar-refractivity contribution in [1.29, 1.82) is 0 Å². The van der Waals surface area contributed by atoms with E-state index in [1.165, 1.54) is 25.7 Å². The molecule has 0 saturated heterocycles. The molecule has 0 aromatic heterocycles. The third-order valence-corrected chi connectivity index (χ3v) is 3.07. The minimum atomic E-state index is -0.416. The summed E-state index contributed by atoms with van der Waals surface area (Å²) in [4.78, 5) is 11.0. The highest BCUT2D eigenvalue weighted by Crippen LogP contribution is 2.10. The lowest BCUT2D eigenvalue weighted by Crippen LogP contribution is -2.47. The van der Waals surface area contributed by atoms with Crippen molar-refractivity contribution in [2.45, 2.75) is 51.6 Å². The van der Waals surface area contributed by atoms with Crippen LogP contribution in [-0.2, 0) is 9.53 Å². The zero-order valence-electron chi connectivity index (χ0n) is 12.7. The quantitative estimate of drug-likeness (QED) is 0.207. The van der Waals surface area contributed by atoms with E-state index in [-0.39, 0.29) is 12.8 Å². The predicted octanol–water partition coefficient (Wildman–Crippen LogP) is 2.47. The van der Waals surface area contributed by atoms with Gasteiger partial charge in [-0.25, -0.2) is 4.79 Å². The Morgan fingerprint density at radius 2 is 1.95 bits per heavy atom. The highest BCUT2D eigenvalue weighted by Gasteiger charge is 2.21. The minimum absolute atomic E-state index is 0.262. The molecule has 1 atom stereocenters. The van der Waals surface area contributed by atoms with Gasteiger partial charge in [-0.05, 0) is 6.42 Å². The first kappa shape index (κ1) is 18.1. The second-order valence-corrected chi connectivity index (χ2v) is 5.77. The molecule has 0 aromatic rings. The zero-order chi connectivity index (χ0) is 14.7. The van der Waals surface area contributed by atoms with Crippen LogP contribution >= 0.6 is 0 Å². The van der Waals surface area contributed by atoms with Crippen LogP contribution in [0.1, 0.15) is 45.4 Å². The van der Waals surface area contributed by atoms with Gasteiger partial charge >= 0.3 is 5.97 Å². The first-order valence-electron chi connectivity index (χ1n) is 7.20. The van der Waals surface area contributed by atoms with Crippen molar-refractivity contribution in [2.24, 2.45) is 0 Å². The van der Waals surface area contributed by atoms with Crippen molar-refractivity contribution in [2.75, 3.05) is 27.4 Å².